The molecule has 2 aromatic heterocycles. The molecule has 22 heavy (non-hydrogen) atoms. The van der Waals surface area contributed by atoms with Crippen LogP contribution >= 0.6 is 11.3 Å². The molecule has 0 radical (unpaired) electrons. The predicted octanol–water partition coefficient (Wildman–Crippen LogP) is 3.59. The van der Waals surface area contributed by atoms with Gasteiger partial charge in [-0.05, 0) is 18.9 Å². The van der Waals surface area contributed by atoms with Gasteiger partial charge >= 0.3 is 0 Å². The lowest BCUT2D eigenvalue weighted by Crippen LogP contribution is -2.56. The third-order valence-electron chi connectivity index (χ3n) is 4.96. The number of carbonyl (C=O) groups is 1. The zero-order valence-corrected chi connectivity index (χ0v) is 13.1. The normalized spacial score (nSPS) is 20.3. The number of amides is 1. The Bertz CT molecular complexity index is 737. The highest BCUT2D eigenvalue weighted by molar-refractivity contribution is 7.20. The highest BCUT2D eigenvalue weighted by atomic mass is 32.1. The molecule has 7 heteroatoms. The molecule has 3 heterocycles. The molecule has 1 aliphatic heterocycles. The summed E-state index contributed by atoms with van der Waals surface area (Å²) >= 11 is 1.25. The van der Waals surface area contributed by atoms with Crippen molar-refractivity contribution in [3.8, 4) is 0 Å². The molecule has 0 aromatic carbocycles. The van der Waals surface area contributed by atoms with Crippen LogP contribution in [0.2, 0.25) is 0 Å². The summed E-state index contributed by atoms with van der Waals surface area (Å²) in [6, 6.07) is 1.58. The van der Waals surface area contributed by atoms with Gasteiger partial charge in [0.05, 0.1) is 4.88 Å². The molecule has 2 fully saturated rings. The maximum absolute atomic E-state index is 13.0. The van der Waals surface area contributed by atoms with Gasteiger partial charge in [-0.2, -0.15) is 5.10 Å². The van der Waals surface area contributed by atoms with E-state index >= 15 is 0 Å². The Balaban J connectivity index is 1.59. The number of thiophene rings is 1. The van der Waals surface area contributed by atoms with Crippen molar-refractivity contribution >= 4 is 27.5 Å². The molecule has 4 rings (SSSR count). The summed E-state index contributed by atoms with van der Waals surface area (Å²) in [5.74, 6) is -0.0288. The van der Waals surface area contributed by atoms with Gasteiger partial charge in [-0.3, -0.25) is 9.48 Å². The van der Waals surface area contributed by atoms with Crippen molar-refractivity contribution in [1.29, 1.82) is 0 Å². The number of aromatic nitrogens is 2. The number of likely N-dealkylation sites (tertiary alicyclic amines) is 1. The zero-order chi connectivity index (χ0) is 15.5. The smallest absolute Gasteiger partial charge is 0.282 e. The Kier molecular flexibility index (Phi) is 3.04. The van der Waals surface area contributed by atoms with Crippen LogP contribution in [0, 0.1) is 5.41 Å². The summed E-state index contributed by atoms with van der Waals surface area (Å²) in [5.41, 5.74) is 0.117. The number of hydrogen-bond acceptors (Lipinski definition) is 3. The standard InChI is InChI=1S/C15H17F2N3OS/c1-19-14-9(11(18-19)12(16)17)6-10(22-14)13(21)20-7-15(8-20)4-2-3-5-15/h6,12H,2-5,7-8H2,1H3. The molecular weight excluding hydrogens is 308 g/mol. The van der Waals surface area contributed by atoms with E-state index in [4.69, 9.17) is 0 Å². The first kappa shape index (κ1) is 14.1. The van der Waals surface area contributed by atoms with E-state index in [0.717, 1.165) is 13.1 Å². The Morgan fingerprint density at radius 2 is 2.05 bits per heavy atom. The second kappa shape index (κ2) is 4.75. The fourth-order valence-electron chi connectivity index (χ4n) is 3.84. The number of fused-ring (bicyclic) bond motifs is 1. The molecule has 0 bridgehead atoms. The molecule has 0 unspecified atom stereocenters. The van der Waals surface area contributed by atoms with Crippen LogP contribution in [-0.2, 0) is 7.05 Å². The minimum absolute atomic E-state index is 0.0288. The number of hydrogen-bond donors (Lipinski definition) is 0. The van der Waals surface area contributed by atoms with Crippen LogP contribution in [0.5, 0.6) is 0 Å². The van der Waals surface area contributed by atoms with E-state index in [1.54, 1.807) is 13.1 Å². The average Bonchev–Trinajstić information content (AvgIpc) is 3.12. The molecule has 1 saturated heterocycles. The van der Waals surface area contributed by atoms with Crippen molar-refractivity contribution in [3.63, 3.8) is 0 Å². The summed E-state index contributed by atoms with van der Waals surface area (Å²) in [7, 11) is 1.64. The van der Waals surface area contributed by atoms with Crippen molar-refractivity contribution < 1.29 is 13.6 Å². The summed E-state index contributed by atoms with van der Waals surface area (Å²) in [6.07, 6.45) is 2.32. The fourth-order valence-corrected chi connectivity index (χ4v) is 4.88. The highest BCUT2D eigenvalue weighted by Crippen LogP contribution is 2.46. The molecule has 2 aliphatic rings. The number of rotatable bonds is 2. The maximum Gasteiger partial charge on any atom is 0.282 e. The quantitative estimate of drug-likeness (QED) is 0.846. The Labute approximate surface area is 130 Å². The molecule has 1 aliphatic carbocycles. The minimum Gasteiger partial charge on any atom is -0.337 e. The summed E-state index contributed by atoms with van der Waals surface area (Å²) in [6.45, 7) is 1.64. The van der Waals surface area contributed by atoms with Crippen molar-refractivity contribution in [2.45, 2.75) is 32.1 Å². The van der Waals surface area contributed by atoms with E-state index in [1.807, 2.05) is 4.90 Å². The SMILES string of the molecule is Cn1nc(C(F)F)c2cc(C(=O)N3CC4(CCCC4)C3)sc21. The van der Waals surface area contributed by atoms with Gasteiger partial charge < -0.3 is 4.90 Å². The second-order valence-corrected chi connectivity index (χ2v) is 7.54. The van der Waals surface area contributed by atoms with Crippen molar-refractivity contribution in [2.24, 2.45) is 12.5 Å². The van der Waals surface area contributed by atoms with Gasteiger partial charge in [0, 0.05) is 30.9 Å². The lowest BCUT2D eigenvalue weighted by molar-refractivity contribution is 0.00973. The minimum atomic E-state index is -2.62. The van der Waals surface area contributed by atoms with Crippen LogP contribution in [0.25, 0.3) is 10.2 Å². The maximum atomic E-state index is 13.0. The van der Waals surface area contributed by atoms with E-state index in [-0.39, 0.29) is 11.6 Å². The molecule has 1 amide bonds. The first-order valence-electron chi connectivity index (χ1n) is 7.53. The number of carbonyl (C=O) groups excluding carboxylic acids is 1. The van der Waals surface area contributed by atoms with Crippen LogP contribution in [0.1, 0.15) is 47.5 Å². The van der Waals surface area contributed by atoms with Crippen LogP contribution in [-0.4, -0.2) is 33.7 Å². The highest BCUT2D eigenvalue weighted by Gasteiger charge is 2.46. The van der Waals surface area contributed by atoms with E-state index in [0.29, 0.717) is 20.5 Å². The van der Waals surface area contributed by atoms with Gasteiger partial charge in [-0.15, -0.1) is 11.3 Å². The van der Waals surface area contributed by atoms with Crippen molar-refractivity contribution in [3.05, 3.63) is 16.6 Å². The molecule has 0 N–H and O–H groups in total. The fraction of sp³-hybridized carbons (Fsp3) is 0.600. The van der Waals surface area contributed by atoms with E-state index in [1.165, 1.54) is 41.7 Å². The number of aryl methyl sites for hydroxylation is 1. The van der Waals surface area contributed by atoms with Gasteiger partial charge in [-0.1, -0.05) is 12.8 Å². The van der Waals surface area contributed by atoms with Crippen molar-refractivity contribution in [2.75, 3.05) is 13.1 Å². The van der Waals surface area contributed by atoms with Crippen LogP contribution in [0.4, 0.5) is 8.78 Å². The van der Waals surface area contributed by atoms with Crippen LogP contribution in [0.15, 0.2) is 6.07 Å². The second-order valence-electron chi connectivity index (χ2n) is 6.51. The van der Waals surface area contributed by atoms with Gasteiger partial charge in [0.2, 0.25) is 0 Å². The first-order valence-corrected chi connectivity index (χ1v) is 8.35. The van der Waals surface area contributed by atoms with Crippen LogP contribution in [0.3, 0.4) is 0 Å². The molecule has 4 nitrogen and oxygen atoms in total. The summed E-state index contributed by atoms with van der Waals surface area (Å²) < 4.78 is 27.4. The van der Waals surface area contributed by atoms with Gasteiger partial charge in [0.25, 0.3) is 12.3 Å². The average molecular weight is 325 g/mol. The Morgan fingerprint density at radius 3 is 2.68 bits per heavy atom. The molecule has 2 aromatic rings. The van der Waals surface area contributed by atoms with Crippen molar-refractivity contribution in [1.82, 2.24) is 14.7 Å². The largest absolute Gasteiger partial charge is 0.337 e. The third-order valence-corrected chi connectivity index (χ3v) is 6.15. The first-order chi connectivity index (χ1) is 10.5. The zero-order valence-electron chi connectivity index (χ0n) is 12.3. The molecule has 1 saturated carbocycles. The number of alkyl halides is 2. The van der Waals surface area contributed by atoms with E-state index in [9.17, 15) is 13.6 Å². The van der Waals surface area contributed by atoms with Gasteiger partial charge in [-0.25, -0.2) is 8.78 Å². The topological polar surface area (TPSA) is 38.1 Å². The molecule has 118 valence electrons. The molecule has 0 atom stereocenters. The lowest BCUT2D eigenvalue weighted by Gasteiger charge is -2.48. The van der Waals surface area contributed by atoms with E-state index in [2.05, 4.69) is 5.10 Å². The number of nitrogens with zero attached hydrogens (tertiary/aromatic N) is 3. The molecule has 1 spiro atoms. The number of halogens is 2. The molecular formula is C15H17F2N3OS. The van der Waals surface area contributed by atoms with Gasteiger partial charge in [0.1, 0.15) is 10.5 Å². The monoisotopic (exact) mass is 325 g/mol. The summed E-state index contributed by atoms with van der Waals surface area (Å²) in [4.78, 5) is 15.6. The Morgan fingerprint density at radius 1 is 1.36 bits per heavy atom. The van der Waals surface area contributed by atoms with Crippen LogP contribution < -0.4 is 0 Å². The Hall–Kier alpha value is -1.50. The third kappa shape index (κ3) is 1.98. The summed E-state index contributed by atoms with van der Waals surface area (Å²) in [5, 5.41) is 4.24. The predicted molar refractivity (Wildman–Crippen MR) is 80.4 cm³/mol. The van der Waals surface area contributed by atoms with E-state index < -0.39 is 6.43 Å². The van der Waals surface area contributed by atoms with Gasteiger partial charge in [0.15, 0.2) is 0 Å². The lowest BCUT2D eigenvalue weighted by atomic mass is 9.78.